The van der Waals surface area contributed by atoms with Gasteiger partial charge in [-0.3, -0.25) is 0 Å². The van der Waals surface area contributed by atoms with Crippen molar-refractivity contribution in [2.75, 3.05) is 6.54 Å². The number of halogens is 2. The Morgan fingerprint density at radius 2 is 2.10 bits per heavy atom. The lowest BCUT2D eigenvalue weighted by Crippen LogP contribution is -2.18. The van der Waals surface area contributed by atoms with Crippen molar-refractivity contribution >= 4 is 15.9 Å². The highest BCUT2D eigenvalue weighted by atomic mass is 79.9. The molecule has 0 radical (unpaired) electrons. The highest BCUT2D eigenvalue weighted by Gasteiger charge is 2.05. The summed E-state index contributed by atoms with van der Waals surface area (Å²) in [6.45, 7) is 6.35. The Kier molecular flexibility index (Phi) is 5.82. The van der Waals surface area contributed by atoms with Crippen molar-refractivity contribution in [2.24, 2.45) is 5.92 Å². The van der Waals surface area contributed by atoms with E-state index in [0.29, 0.717) is 16.1 Å². The van der Waals surface area contributed by atoms with E-state index in [1.807, 2.05) is 6.07 Å². The SMILES string of the molecule is CC(C)CNCc1coc(COc2cc(F)cc(Br)c2)c1. The molecule has 0 atom stereocenters. The average Bonchev–Trinajstić information content (AvgIpc) is 2.83. The Balaban J connectivity index is 1.85. The lowest BCUT2D eigenvalue weighted by atomic mass is 10.2. The molecule has 3 nitrogen and oxygen atoms in total. The Hall–Kier alpha value is -1.33. The Labute approximate surface area is 132 Å². The van der Waals surface area contributed by atoms with Gasteiger partial charge in [-0.15, -0.1) is 0 Å². The van der Waals surface area contributed by atoms with Crippen LogP contribution >= 0.6 is 15.9 Å². The van der Waals surface area contributed by atoms with Gasteiger partial charge in [-0.2, -0.15) is 0 Å². The first kappa shape index (κ1) is 16.0. The van der Waals surface area contributed by atoms with E-state index in [1.165, 1.54) is 12.1 Å². The van der Waals surface area contributed by atoms with Crippen molar-refractivity contribution in [2.45, 2.75) is 27.0 Å². The fourth-order valence-corrected chi connectivity index (χ4v) is 2.31. The van der Waals surface area contributed by atoms with Crippen LogP contribution in [-0.2, 0) is 13.2 Å². The van der Waals surface area contributed by atoms with Crippen molar-refractivity contribution in [3.8, 4) is 5.75 Å². The van der Waals surface area contributed by atoms with Crippen molar-refractivity contribution in [3.05, 3.63) is 52.1 Å². The first-order valence-corrected chi connectivity index (χ1v) is 7.68. The lowest BCUT2D eigenvalue weighted by molar-refractivity contribution is 0.269. The number of hydrogen-bond acceptors (Lipinski definition) is 3. The third kappa shape index (κ3) is 5.52. The molecule has 0 spiro atoms. The van der Waals surface area contributed by atoms with Gasteiger partial charge in [0.2, 0.25) is 0 Å². The van der Waals surface area contributed by atoms with Crippen LogP contribution in [0.25, 0.3) is 0 Å². The van der Waals surface area contributed by atoms with Gasteiger partial charge in [0.1, 0.15) is 23.9 Å². The highest BCUT2D eigenvalue weighted by molar-refractivity contribution is 9.10. The standard InChI is InChI=1S/C16H19BrFNO2/c1-11(2)7-19-8-12-3-16(20-9-12)10-21-15-5-13(17)4-14(18)6-15/h3-6,9,11,19H,7-8,10H2,1-2H3. The molecule has 0 saturated carbocycles. The van der Waals surface area contributed by atoms with Gasteiger partial charge in [-0.1, -0.05) is 29.8 Å². The van der Waals surface area contributed by atoms with E-state index in [-0.39, 0.29) is 12.4 Å². The molecule has 2 aromatic rings. The number of hydrogen-bond donors (Lipinski definition) is 1. The maximum absolute atomic E-state index is 13.2. The smallest absolute Gasteiger partial charge is 0.146 e. The molecule has 0 bridgehead atoms. The molecule has 2 rings (SSSR count). The third-order valence-electron chi connectivity index (χ3n) is 2.81. The van der Waals surface area contributed by atoms with E-state index in [0.717, 1.165) is 24.4 Å². The van der Waals surface area contributed by atoms with Crippen LogP contribution in [0.15, 0.2) is 39.4 Å². The molecule has 0 aliphatic heterocycles. The van der Waals surface area contributed by atoms with Crippen molar-refractivity contribution in [1.29, 1.82) is 0 Å². The summed E-state index contributed by atoms with van der Waals surface area (Å²) in [6, 6.07) is 6.40. The van der Waals surface area contributed by atoms with E-state index >= 15 is 0 Å². The minimum atomic E-state index is -0.336. The first-order valence-electron chi connectivity index (χ1n) is 6.89. The lowest BCUT2D eigenvalue weighted by Gasteiger charge is -2.05. The van der Waals surface area contributed by atoms with Gasteiger partial charge >= 0.3 is 0 Å². The molecule has 0 saturated heterocycles. The van der Waals surface area contributed by atoms with Gasteiger partial charge in [0, 0.05) is 22.6 Å². The largest absolute Gasteiger partial charge is 0.486 e. The van der Waals surface area contributed by atoms with Gasteiger partial charge in [-0.25, -0.2) is 4.39 Å². The van der Waals surface area contributed by atoms with Crippen molar-refractivity contribution in [1.82, 2.24) is 5.32 Å². The molecule has 0 amide bonds. The molecular weight excluding hydrogens is 337 g/mol. The van der Waals surface area contributed by atoms with Gasteiger partial charge in [0.05, 0.1) is 6.26 Å². The van der Waals surface area contributed by atoms with E-state index < -0.39 is 0 Å². The molecule has 1 N–H and O–H groups in total. The zero-order valence-corrected chi connectivity index (χ0v) is 13.7. The van der Waals surface area contributed by atoms with Crippen LogP contribution in [-0.4, -0.2) is 6.54 Å². The summed E-state index contributed by atoms with van der Waals surface area (Å²) in [5.41, 5.74) is 1.08. The zero-order valence-electron chi connectivity index (χ0n) is 12.2. The predicted octanol–water partition coefficient (Wildman–Crippen LogP) is 4.51. The monoisotopic (exact) mass is 355 g/mol. The summed E-state index contributed by atoms with van der Waals surface area (Å²) in [5, 5.41) is 3.35. The molecule has 0 unspecified atom stereocenters. The zero-order chi connectivity index (χ0) is 15.2. The normalized spacial score (nSPS) is 11.1. The maximum Gasteiger partial charge on any atom is 0.146 e. The van der Waals surface area contributed by atoms with Crippen LogP contribution in [0.5, 0.6) is 5.75 Å². The first-order chi connectivity index (χ1) is 10.0. The molecule has 0 aliphatic rings. The number of furan rings is 1. The molecule has 1 heterocycles. The molecule has 0 aliphatic carbocycles. The van der Waals surface area contributed by atoms with Gasteiger partial charge < -0.3 is 14.5 Å². The second-order valence-corrected chi connectivity index (χ2v) is 6.26. The van der Waals surface area contributed by atoms with E-state index in [2.05, 4.69) is 35.1 Å². The minimum absolute atomic E-state index is 0.278. The van der Waals surface area contributed by atoms with Crippen LogP contribution in [0.2, 0.25) is 0 Å². The minimum Gasteiger partial charge on any atom is -0.486 e. The van der Waals surface area contributed by atoms with Crippen LogP contribution < -0.4 is 10.1 Å². The van der Waals surface area contributed by atoms with Crippen LogP contribution in [0.1, 0.15) is 25.2 Å². The Morgan fingerprint density at radius 3 is 2.81 bits per heavy atom. The number of rotatable bonds is 7. The second-order valence-electron chi connectivity index (χ2n) is 5.34. The Morgan fingerprint density at radius 1 is 1.29 bits per heavy atom. The van der Waals surface area contributed by atoms with E-state index in [9.17, 15) is 4.39 Å². The quantitative estimate of drug-likeness (QED) is 0.793. The van der Waals surface area contributed by atoms with E-state index in [4.69, 9.17) is 9.15 Å². The number of nitrogens with one attached hydrogen (secondary N) is 1. The molecule has 1 aromatic heterocycles. The van der Waals surface area contributed by atoms with Gasteiger partial charge in [-0.05, 0) is 30.7 Å². The molecule has 5 heteroatoms. The second kappa shape index (κ2) is 7.61. The molecule has 0 fully saturated rings. The summed E-state index contributed by atoms with van der Waals surface area (Å²) in [4.78, 5) is 0. The number of ether oxygens (including phenoxy) is 1. The molecular formula is C16H19BrFNO2. The average molecular weight is 356 g/mol. The Bertz CT molecular complexity index is 563. The molecule has 1 aromatic carbocycles. The summed E-state index contributed by atoms with van der Waals surface area (Å²) in [5.74, 6) is 1.47. The predicted molar refractivity (Wildman–Crippen MR) is 83.7 cm³/mol. The summed E-state index contributed by atoms with van der Waals surface area (Å²) in [7, 11) is 0. The van der Waals surface area contributed by atoms with E-state index in [1.54, 1.807) is 12.3 Å². The highest BCUT2D eigenvalue weighted by Crippen LogP contribution is 2.21. The van der Waals surface area contributed by atoms with Crippen LogP contribution in [0.4, 0.5) is 4.39 Å². The summed E-state index contributed by atoms with van der Waals surface area (Å²) < 4.78 is 24.8. The summed E-state index contributed by atoms with van der Waals surface area (Å²) in [6.07, 6.45) is 1.72. The fraction of sp³-hybridized carbons (Fsp3) is 0.375. The molecule has 114 valence electrons. The third-order valence-corrected chi connectivity index (χ3v) is 3.26. The maximum atomic E-state index is 13.2. The van der Waals surface area contributed by atoms with Crippen molar-refractivity contribution in [3.63, 3.8) is 0 Å². The van der Waals surface area contributed by atoms with Gasteiger partial charge in [0.25, 0.3) is 0 Å². The molecule has 21 heavy (non-hydrogen) atoms. The summed E-state index contributed by atoms with van der Waals surface area (Å²) >= 11 is 3.23. The fourth-order valence-electron chi connectivity index (χ4n) is 1.87. The van der Waals surface area contributed by atoms with Crippen molar-refractivity contribution < 1.29 is 13.5 Å². The van der Waals surface area contributed by atoms with Gasteiger partial charge in [0.15, 0.2) is 0 Å². The topological polar surface area (TPSA) is 34.4 Å². The van der Waals surface area contributed by atoms with Crippen LogP contribution in [0.3, 0.4) is 0 Å². The number of benzene rings is 1. The van der Waals surface area contributed by atoms with Crippen LogP contribution in [0, 0.1) is 11.7 Å².